The molecule has 0 aliphatic carbocycles. The van der Waals surface area contributed by atoms with E-state index in [0.29, 0.717) is 6.04 Å². The SMILES string of the molecule is Cc1ccccc1NCCC1CN(Cc2ccccc2)CCN1. The molecule has 0 spiro atoms. The highest BCUT2D eigenvalue weighted by Gasteiger charge is 2.18. The summed E-state index contributed by atoms with van der Waals surface area (Å²) < 4.78 is 0. The highest BCUT2D eigenvalue weighted by Crippen LogP contribution is 2.14. The quantitative estimate of drug-likeness (QED) is 0.857. The predicted octanol–water partition coefficient (Wildman–Crippen LogP) is 3.27. The summed E-state index contributed by atoms with van der Waals surface area (Å²) in [5.41, 5.74) is 3.98. The molecule has 122 valence electrons. The summed E-state index contributed by atoms with van der Waals surface area (Å²) in [7, 11) is 0. The molecule has 23 heavy (non-hydrogen) atoms. The molecule has 1 aliphatic rings. The van der Waals surface area contributed by atoms with Gasteiger partial charge < -0.3 is 10.6 Å². The van der Waals surface area contributed by atoms with E-state index < -0.39 is 0 Å². The van der Waals surface area contributed by atoms with Gasteiger partial charge in [-0.25, -0.2) is 0 Å². The number of rotatable bonds is 6. The predicted molar refractivity (Wildman–Crippen MR) is 97.8 cm³/mol. The Morgan fingerprint density at radius 3 is 2.70 bits per heavy atom. The molecule has 3 heteroatoms. The summed E-state index contributed by atoms with van der Waals surface area (Å²) in [6.45, 7) is 7.58. The zero-order chi connectivity index (χ0) is 15.9. The Kier molecular flexibility index (Phi) is 5.67. The molecule has 2 aromatic carbocycles. The summed E-state index contributed by atoms with van der Waals surface area (Å²) in [6, 6.07) is 19.8. The third kappa shape index (κ3) is 4.81. The van der Waals surface area contributed by atoms with Gasteiger partial charge in [0.2, 0.25) is 0 Å². The van der Waals surface area contributed by atoms with Gasteiger partial charge in [-0.1, -0.05) is 48.5 Å². The van der Waals surface area contributed by atoms with Crippen molar-refractivity contribution in [3.05, 3.63) is 65.7 Å². The fourth-order valence-electron chi connectivity index (χ4n) is 3.23. The van der Waals surface area contributed by atoms with E-state index in [-0.39, 0.29) is 0 Å². The highest BCUT2D eigenvalue weighted by atomic mass is 15.2. The van der Waals surface area contributed by atoms with Crippen LogP contribution < -0.4 is 10.6 Å². The maximum atomic E-state index is 3.65. The van der Waals surface area contributed by atoms with Crippen molar-refractivity contribution in [2.75, 3.05) is 31.5 Å². The Labute approximate surface area is 139 Å². The third-order valence-electron chi connectivity index (χ3n) is 4.54. The van der Waals surface area contributed by atoms with E-state index in [4.69, 9.17) is 0 Å². The monoisotopic (exact) mass is 309 g/mol. The van der Waals surface area contributed by atoms with Crippen LogP contribution in [-0.4, -0.2) is 37.1 Å². The second-order valence-electron chi connectivity index (χ2n) is 6.40. The first-order valence-electron chi connectivity index (χ1n) is 8.60. The second-order valence-corrected chi connectivity index (χ2v) is 6.40. The summed E-state index contributed by atoms with van der Waals surface area (Å²) in [5.74, 6) is 0. The van der Waals surface area contributed by atoms with Crippen LogP contribution in [0, 0.1) is 6.92 Å². The van der Waals surface area contributed by atoms with Crippen molar-refractivity contribution in [3.8, 4) is 0 Å². The molecular formula is C20H27N3. The Bertz CT molecular complexity index is 597. The van der Waals surface area contributed by atoms with Crippen LogP contribution in [-0.2, 0) is 6.54 Å². The van der Waals surface area contributed by atoms with Crippen molar-refractivity contribution in [2.45, 2.75) is 25.9 Å². The Balaban J connectivity index is 1.44. The molecule has 1 atom stereocenters. The molecule has 1 unspecified atom stereocenters. The number of benzene rings is 2. The zero-order valence-electron chi connectivity index (χ0n) is 14.0. The van der Waals surface area contributed by atoms with Gasteiger partial charge in [-0.3, -0.25) is 4.90 Å². The molecule has 2 aromatic rings. The Morgan fingerprint density at radius 1 is 1.09 bits per heavy atom. The number of hydrogen-bond donors (Lipinski definition) is 2. The van der Waals surface area contributed by atoms with Crippen LogP contribution in [0.3, 0.4) is 0 Å². The Hall–Kier alpha value is -1.84. The number of anilines is 1. The summed E-state index contributed by atoms with van der Waals surface area (Å²) >= 11 is 0. The van der Waals surface area contributed by atoms with Gasteiger partial charge in [0, 0.05) is 44.5 Å². The number of para-hydroxylation sites is 1. The van der Waals surface area contributed by atoms with Gasteiger partial charge in [0.15, 0.2) is 0 Å². The van der Waals surface area contributed by atoms with Gasteiger partial charge in [-0.2, -0.15) is 0 Å². The van der Waals surface area contributed by atoms with Gasteiger partial charge in [-0.15, -0.1) is 0 Å². The minimum absolute atomic E-state index is 0.573. The number of hydrogen-bond acceptors (Lipinski definition) is 3. The molecule has 0 amide bonds. The normalized spacial score (nSPS) is 18.7. The highest BCUT2D eigenvalue weighted by molar-refractivity contribution is 5.50. The van der Waals surface area contributed by atoms with Gasteiger partial charge in [-0.05, 0) is 30.5 Å². The summed E-state index contributed by atoms with van der Waals surface area (Å²) in [5, 5.41) is 7.22. The van der Waals surface area contributed by atoms with Crippen LogP contribution in [0.4, 0.5) is 5.69 Å². The topological polar surface area (TPSA) is 27.3 Å². The molecule has 1 aliphatic heterocycles. The van der Waals surface area contributed by atoms with Crippen molar-refractivity contribution in [2.24, 2.45) is 0 Å². The van der Waals surface area contributed by atoms with Crippen LogP contribution in [0.5, 0.6) is 0 Å². The van der Waals surface area contributed by atoms with Gasteiger partial charge in [0.05, 0.1) is 0 Å². The van der Waals surface area contributed by atoms with Crippen LogP contribution in [0.15, 0.2) is 54.6 Å². The molecular weight excluding hydrogens is 282 g/mol. The molecule has 2 N–H and O–H groups in total. The smallest absolute Gasteiger partial charge is 0.0369 e. The molecule has 0 radical (unpaired) electrons. The van der Waals surface area contributed by atoms with Crippen LogP contribution in [0.25, 0.3) is 0 Å². The first-order valence-corrected chi connectivity index (χ1v) is 8.60. The lowest BCUT2D eigenvalue weighted by molar-refractivity contribution is 0.189. The second kappa shape index (κ2) is 8.14. The molecule has 3 rings (SSSR count). The maximum absolute atomic E-state index is 3.65. The summed E-state index contributed by atoms with van der Waals surface area (Å²) in [6.07, 6.45) is 1.15. The minimum Gasteiger partial charge on any atom is -0.385 e. The van der Waals surface area contributed by atoms with E-state index in [9.17, 15) is 0 Å². The lowest BCUT2D eigenvalue weighted by atomic mass is 10.1. The number of aryl methyl sites for hydroxylation is 1. The molecule has 1 saturated heterocycles. The van der Waals surface area contributed by atoms with Crippen molar-refractivity contribution in [1.29, 1.82) is 0 Å². The van der Waals surface area contributed by atoms with Crippen molar-refractivity contribution < 1.29 is 0 Å². The molecule has 3 nitrogen and oxygen atoms in total. The minimum atomic E-state index is 0.573. The average molecular weight is 309 g/mol. The van der Waals surface area contributed by atoms with Crippen LogP contribution in [0.1, 0.15) is 17.5 Å². The molecule has 0 saturated carbocycles. The average Bonchev–Trinajstić information content (AvgIpc) is 2.58. The van der Waals surface area contributed by atoms with E-state index in [0.717, 1.165) is 39.1 Å². The first-order chi connectivity index (χ1) is 11.3. The van der Waals surface area contributed by atoms with Crippen molar-refractivity contribution in [1.82, 2.24) is 10.2 Å². The fourth-order valence-corrected chi connectivity index (χ4v) is 3.23. The van der Waals surface area contributed by atoms with E-state index in [1.807, 2.05) is 0 Å². The van der Waals surface area contributed by atoms with Gasteiger partial charge in [0.1, 0.15) is 0 Å². The molecule has 1 fully saturated rings. The fraction of sp³-hybridized carbons (Fsp3) is 0.400. The number of nitrogens with zero attached hydrogens (tertiary/aromatic N) is 1. The first kappa shape index (κ1) is 16.0. The summed E-state index contributed by atoms with van der Waals surface area (Å²) in [4.78, 5) is 2.56. The van der Waals surface area contributed by atoms with Crippen LogP contribution in [0.2, 0.25) is 0 Å². The van der Waals surface area contributed by atoms with Gasteiger partial charge >= 0.3 is 0 Å². The van der Waals surface area contributed by atoms with E-state index in [1.165, 1.54) is 16.8 Å². The van der Waals surface area contributed by atoms with E-state index in [2.05, 4.69) is 77.1 Å². The third-order valence-corrected chi connectivity index (χ3v) is 4.54. The molecule has 1 heterocycles. The van der Waals surface area contributed by atoms with Crippen molar-refractivity contribution in [3.63, 3.8) is 0 Å². The molecule has 0 aromatic heterocycles. The lowest BCUT2D eigenvalue weighted by Crippen LogP contribution is -2.50. The number of piperazine rings is 1. The number of nitrogens with one attached hydrogen (secondary N) is 2. The van der Waals surface area contributed by atoms with Crippen LogP contribution >= 0.6 is 0 Å². The standard InChI is InChI=1S/C20H27N3/c1-17-7-5-6-10-20(17)22-12-11-19-16-23(14-13-21-19)15-18-8-3-2-4-9-18/h2-10,19,21-22H,11-16H2,1H3. The molecule has 0 bridgehead atoms. The van der Waals surface area contributed by atoms with Gasteiger partial charge in [0.25, 0.3) is 0 Å². The van der Waals surface area contributed by atoms with Crippen molar-refractivity contribution >= 4 is 5.69 Å². The van der Waals surface area contributed by atoms with E-state index >= 15 is 0 Å². The Morgan fingerprint density at radius 2 is 1.87 bits per heavy atom. The maximum Gasteiger partial charge on any atom is 0.0369 e. The largest absolute Gasteiger partial charge is 0.385 e. The van der Waals surface area contributed by atoms with E-state index in [1.54, 1.807) is 0 Å². The lowest BCUT2D eigenvalue weighted by Gasteiger charge is -2.34. The zero-order valence-corrected chi connectivity index (χ0v) is 14.0.